The van der Waals surface area contributed by atoms with Crippen LogP contribution >= 0.6 is 11.6 Å². The first-order valence-corrected chi connectivity index (χ1v) is 4.85. The van der Waals surface area contributed by atoms with Gasteiger partial charge in [-0.3, -0.25) is 5.10 Å². The number of fused-ring (bicyclic) bond motifs is 1. The fourth-order valence-corrected chi connectivity index (χ4v) is 1.69. The molecule has 1 N–H and O–H groups in total. The van der Waals surface area contributed by atoms with Crippen molar-refractivity contribution in [2.45, 2.75) is 0 Å². The smallest absolute Gasteiger partial charge is 0.356 e. The quantitative estimate of drug-likeness (QED) is 0.816. The topological polar surface area (TPSA) is 64.2 Å². The summed E-state index contributed by atoms with van der Waals surface area (Å²) in [7, 11) is 2.81. The highest BCUT2D eigenvalue weighted by molar-refractivity contribution is 6.35. The number of carbonyl (C=O) groups excluding carboxylic acids is 1. The van der Waals surface area contributed by atoms with E-state index in [9.17, 15) is 4.79 Å². The van der Waals surface area contributed by atoms with Crippen LogP contribution < -0.4 is 4.74 Å². The molecular formula is C10H9ClN2O3. The predicted molar refractivity (Wildman–Crippen MR) is 59.0 cm³/mol. The summed E-state index contributed by atoms with van der Waals surface area (Å²) in [6, 6.07) is 3.33. The molecular weight excluding hydrogens is 232 g/mol. The Labute approximate surface area is 96.3 Å². The zero-order valence-corrected chi connectivity index (χ0v) is 9.46. The lowest BCUT2D eigenvalue weighted by Gasteiger charge is -2.03. The second kappa shape index (κ2) is 4.02. The minimum absolute atomic E-state index is 0.233. The molecule has 0 unspecified atom stereocenters. The standard InChI is InChI=1S/C10H9ClN2O3/c1-15-6-4-3-5(11)8-7(6)9(13-12-8)10(14)16-2/h3-4H,1-2H3,(H,12,13). The normalized spacial score (nSPS) is 10.4. The number of esters is 1. The van der Waals surface area contributed by atoms with Crippen LogP contribution in [0.4, 0.5) is 0 Å². The van der Waals surface area contributed by atoms with E-state index in [1.165, 1.54) is 14.2 Å². The number of ether oxygens (including phenoxy) is 2. The lowest BCUT2D eigenvalue weighted by atomic mass is 10.2. The van der Waals surface area contributed by atoms with Crippen LogP contribution in [0.25, 0.3) is 10.9 Å². The fraction of sp³-hybridized carbons (Fsp3) is 0.200. The van der Waals surface area contributed by atoms with Crippen molar-refractivity contribution in [1.29, 1.82) is 0 Å². The molecule has 6 heteroatoms. The Morgan fingerprint density at radius 1 is 1.44 bits per heavy atom. The van der Waals surface area contributed by atoms with Crippen LogP contribution in [0, 0.1) is 0 Å². The Bertz CT molecular complexity index is 550. The van der Waals surface area contributed by atoms with Crippen molar-refractivity contribution in [3.63, 3.8) is 0 Å². The molecule has 0 bridgehead atoms. The molecule has 84 valence electrons. The molecule has 0 aliphatic heterocycles. The van der Waals surface area contributed by atoms with Crippen molar-refractivity contribution in [2.75, 3.05) is 14.2 Å². The molecule has 2 rings (SSSR count). The summed E-state index contributed by atoms with van der Waals surface area (Å²) < 4.78 is 9.78. The van der Waals surface area contributed by atoms with Crippen LogP contribution in [0.2, 0.25) is 5.02 Å². The minimum Gasteiger partial charge on any atom is -0.496 e. The number of hydrogen-bond acceptors (Lipinski definition) is 4. The van der Waals surface area contributed by atoms with Crippen LogP contribution in [0.1, 0.15) is 10.5 Å². The van der Waals surface area contributed by atoms with E-state index in [1.807, 2.05) is 0 Å². The molecule has 0 radical (unpaired) electrons. The van der Waals surface area contributed by atoms with E-state index >= 15 is 0 Å². The molecule has 0 saturated heterocycles. The number of hydrogen-bond donors (Lipinski definition) is 1. The number of aromatic nitrogens is 2. The molecule has 1 aromatic heterocycles. The molecule has 2 aromatic rings. The van der Waals surface area contributed by atoms with Crippen molar-refractivity contribution >= 4 is 28.5 Å². The first kappa shape index (κ1) is 10.8. The van der Waals surface area contributed by atoms with E-state index in [0.717, 1.165) is 0 Å². The Hall–Kier alpha value is -1.75. The maximum atomic E-state index is 11.5. The molecule has 1 aromatic carbocycles. The number of nitrogens with one attached hydrogen (secondary N) is 1. The highest BCUT2D eigenvalue weighted by Crippen LogP contribution is 2.32. The van der Waals surface area contributed by atoms with E-state index in [4.69, 9.17) is 16.3 Å². The number of carbonyl (C=O) groups is 1. The number of halogens is 1. The second-order valence-corrected chi connectivity index (χ2v) is 3.47. The van der Waals surface area contributed by atoms with Gasteiger partial charge in [-0.2, -0.15) is 5.10 Å². The number of nitrogens with zero attached hydrogens (tertiary/aromatic N) is 1. The summed E-state index contributed by atoms with van der Waals surface area (Å²) in [5.74, 6) is 0.0108. The monoisotopic (exact) mass is 240 g/mol. The Kier molecular flexibility index (Phi) is 2.70. The van der Waals surface area contributed by atoms with Gasteiger partial charge in [0.1, 0.15) is 11.3 Å². The van der Waals surface area contributed by atoms with Crippen LogP contribution in [-0.4, -0.2) is 30.4 Å². The summed E-state index contributed by atoms with van der Waals surface area (Å²) in [6.45, 7) is 0. The lowest BCUT2D eigenvalue weighted by molar-refractivity contribution is 0.0596. The molecule has 0 aliphatic carbocycles. The molecule has 0 spiro atoms. The third-order valence-corrected chi connectivity index (χ3v) is 2.53. The van der Waals surface area contributed by atoms with Crippen LogP contribution in [0.5, 0.6) is 5.75 Å². The Balaban J connectivity index is 2.77. The van der Waals surface area contributed by atoms with Crippen molar-refractivity contribution < 1.29 is 14.3 Å². The highest BCUT2D eigenvalue weighted by Gasteiger charge is 2.19. The van der Waals surface area contributed by atoms with Gasteiger partial charge >= 0.3 is 5.97 Å². The van der Waals surface area contributed by atoms with Crippen molar-refractivity contribution in [3.05, 3.63) is 22.8 Å². The van der Waals surface area contributed by atoms with Crippen molar-refractivity contribution in [2.24, 2.45) is 0 Å². The average molecular weight is 241 g/mol. The number of aromatic amines is 1. The van der Waals surface area contributed by atoms with E-state index in [0.29, 0.717) is 21.7 Å². The van der Waals surface area contributed by atoms with Gasteiger partial charge in [0, 0.05) is 0 Å². The van der Waals surface area contributed by atoms with Gasteiger partial charge in [-0.15, -0.1) is 0 Å². The molecule has 0 saturated carbocycles. The maximum absolute atomic E-state index is 11.5. The first-order valence-electron chi connectivity index (χ1n) is 4.48. The van der Waals surface area contributed by atoms with Gasteiger partial charge in [0.05, 0.1) is 24.6 Å². The zero-order valence-electron chi connectivity index (χ0n) is 8.70. The predicted octanol–water partition coefficient (Wildman–Crippen LogP) is 2.01. The van der Waals surface area contributed by atoms with Crippen molar-refractivity contribution in [3.8, 4) is 5.75 Å². The summed E-state index contributed by atoms with van der Waals surface area (Å²) in [4.78, 5) is 11.5. The third kappa shape index (κ3) is 1.49. The summed E-state index contributed by atoms with van der Waals surface area (Å²) in [5, 5.41) is 7.53. The summed E-state index contributed by atoms with van der Waals surface area (Å²) in [5.41, 5.74) is 0.721. The van der Waals surface area contributed by atoms with Gasteiger partial charge in [-0.25, -0.2) is 4.79 Å². The van der Waals surface area contributed by atoms with E-state index in [1.54, 1.807) is 12.1 Å². The number of H-pyrrole nitrogens is 1. The lowest BCUT2D eigenvalue weighted by Crippen LogP contribution is -2.02. The number of benzene rings is 1. The SMILES string of the molecule is COC(=O)c1[nH]nc2c(Cl)ccc(OC)c12. The fourth-order valence-electron chi connectivity index (χ4n) is 1.49. The number of methoxy groups -OCH3 is 2. The largest absolute Gasteiger partial charge is 0.496 e. The average Bonchev–Trinajstić information content (AvgIpc) is 2.74. The van der Waals surface area contributed by atoms with Crippen LogP contribution in [0.15, 0.2) is 12.1 Å². The molecule has 0 aliphatic rings. The molecule has 0 amide bonds. The summed E-state index contributed by atoms with van der Waals surface area (Å²) >= 11 is 5.96. The highest BCUT2D eigenvalue weighted by atomic mass is 35.5. The molecule has 5 nitrogen and oxygen atoms in total. The van der Waals surface area contributed by atoms with E-state index in [-0.39, 0.29) is 5.69 Å². The number of rotatable bonds is 2. The van der Waals surface area contributed by atoms with Gasteiger partial charge in [-0.1, -0.05) is 11.6 Å². The molecule has 1 heterocycles. The van der Waals surface area contributed by atoms with E-state index in [2.05, 4.69) is 14.9 Å². The van der Waals surface area contributed by atoms with Gasteiger partial charge in [0.2, 0.25) is 0 Å². The molecule has 0 atom stereocenters. The maximum Gasteiger partial charge on any atom is 0.356 e. The molecule has 16 heavy (non-hydrogen) atoms. The Morgan fingerprint density at radius 3 is 2.81 bits per heavy atom. The van der Waals surface area contributed by atoms with Gasteiger partial charge in [0.25, 0.3) is 0 Å². The minimum atomic E-state index is -0.511. The Morgan fingerprint density at radius 2 is 2.19 bits per heavy atom. The van der Waals surface area contributed by atoms with Crippen LogP contribution in [0.3, 0.4) is 0 Å². The second-order valence-electron chi connectivity index (χ2n) is 3.06. The molecule has 0 fully saturated rings. The third-order valence-electron chi connectivity index (χ3n) is 2.23. The zero-order chi connectivity index (χ0) is 11.7. The van der Waals surface area contributed by atoms with Gasteiger partial charge in [0.15, 0.2) is 5.69 Å². The van der Waals surface area contributed by atoms with Crippen molar-refractivity contribution in [1.82, 2.24) is 10.2 Å². The van der Waals surface area contributed by atoms with Gasteiger partial charge < -0.3 is 9.47 Å². The first-order chi connectivity index (χ1) is 7.69. The van der Waals surface area contributed by atoms with Crippen LogP contribution in [-0.2, 0) is 4.74 Å². The van der Waals surface area contributed by atoms with Gasteiger partial charge in [-0.05, 0) is 12.1 Å². The summed E-state index contributed by atoms with van der Waals surface area (Å²) in [6.07, 6.45) is 0. The van der Waals surface area contributed by atoms with E-state index < -0.39 is 5.97 Å².